The van der Waals surface area contributed by atoms with E-state index in [4.69, 9.17) is 5.84 Å². The Hall–Kier alpha value is -2.54. The Balaban J connectivity index is 2.23. The fourth-order valence-electron chi connectivity index (χ4n) is 1.55. The summed E-state index contributed by atoms with van der Waals surface area (Å²) in [6, 6.07) is 7.22. The van der Waals surface area contributed by atoms with Crippen LogP contribution < -0.4 is 11.3 Å². The fourth-order valence-corrected chi connectivity index (χ4v) is 1.55. The summed E-state index contributed by atoms with van der Waals surface area (Å²) in [5, 5.41) is 12.4. The molecule has 3 aromatic rings. The molecule has 0 radical (unpaired) electrons. The highest BCUT2D eigenvalue weighted by atomic mass is 15.4. The van der Waals surface area contributed by atoms with Gasteiger partial charge in [-0.15, -0.1) is 15.3 Å². The molecule has 3 aromatic heterocycles. The van der Waals surface area contributed by atoms with Gasteiger partial charge in [-0.2, -0.15) is 4.52 Å². The minimum atomic E-state index is 0.549. The van der Waals surface area contributed by atoms with Gasteiger partial charge in [-0.25, -0.2) is 5.84 Å². The largest absolute Gasteiger partial charge is 0.307 e. The zero-order chi connectivity index (χ0) is 11.7. The lowest BCUT2D eigenvalue weighted by atomic mass is 10.2. The number of anilines is 1. The molecule has 7 nitrogen and oxygen atoms in total. The Labute approximate surface area is 96.3 Å². The van der Waals surface area contributed by atoms with Crippen molar-refractivity contribution >= 4 is 11.5 Å². The zero-order valence-corrected chi connectivity index (χ0v) is 8.78. The van der Waals surface area contributed by atoms with Gasteiger partial charge in [0.2, 0.25) is 0 Å². The van der Waals surface area contributed by atoms with Crippen molar-refractivity contribution in [2.75, 3.05) is 5.43 Å². The van der Waals surface area contributed by atoms with Gasteiger partial charge >= 0.3 is 0 Å². The predicted octanol–water partition coefficient (Wildman–Crippen LogP) is 0.472. The Kier molecular flexibility index (Phi) is 2.16. The van der Waals surface area contributed by atoms with Gasteiger partial charge in [-0.3, -0.25) is 4.98 Å². The van der Waals surface area contributed by atoms with Crippen LogP contribution in [0.4, 0.5) is 5.82 Å². The van der Waals surface area contributed by atoms with Crippen molar-refractivity contribution in [3.8, 4) is 11.4 Å². The molecule has 0 unspecified atom stereocenters. The van der Waals surface area contributed by atoms with Crippen LogP contribution in [0, 0.1) is 0 Å². The second kappa shape index (κ2) is 3.80. The molecular formula is C10H9N7. The molecule has 3 rings (SSSR count). The van der Waals surface area contributed by atoms with E-state index in [-0.39, 0.29) is 0 Å². The maximum Gasteiger partial charge on any atom is 0.185 e. The number of hydrogen-bond acceptors (Lipinski definition) is 6. The second-order valence-corrected chi connectivity index (χ2v) is 3.39. The van der Waals surface area contributed by atoms with E-state index in [1.165, 1.54) is 0 Å². The van der Waals surface area contributed by atoms with Crippen LogP contribution in [0.3, 0.4) is 0 Å². The summed E-state index contributed by atoms with van der Waals surface area (Å²) in [4.78, 5) is 3.96. The van der Waals surface area contributed by atoms with E-state index in [0.717, 1.165) is 5.56 Å². The number of hydrazine groups is 1. The van der Waals surface area contributed by atoms with E-state index in [1.807, 2.05) is 12.1 Å². The van der Waals surface area contributed by atoms with Gasteiger partial charge in [0, 0.05) is 18.0 Å². The molecule has 0 fully saturated rings. The lowest BCUT2D eigenvalue weighted by Crippen LogP contribution is -2.10. The smallest absolute Gasteiger partial charge is 0.185 e. The van der Waals surface area contributed by atoms with Gasteiger partial charge < -0.3 is 5.43 Å². The topological polar surface area (TPSA) is 94.0 Å². The highest BCUT2D eigenvalue weighted by Gasteiger charge is 2.08. The summed E-state index contributed by atoms with van der Waals surface area (Å²) in [7, 11) is 0. The first-order chi connectivity index (χ1) is 8.38. The minimum absolute atomic E-state index is 0.549. The molecule has 0 spiro atoms. The summed E-state index contributed by atoms with van der Waals surface area (Å²) in [5.74, 6) is 6.52. The number of nitrogens with zero attached hydrogens (tertiary/aromatic N) is 5. The molecule has 0 aromatic carbocycles. The van der Waals surface area contributed by atoms with Gasteiger partial charge in [0.1, 0.15) is 0 Å². The minimum Gasteiger partial charge on any atom is -0.307 e. The normalized spacial score (nSPS) is 10.6. The number of aromatic nitrogens is 5. The highest BCUT2D eigenvalue weighted by molar-refractivity contribution is 5.58. The third kappa shape index (κ3) is 1.58. The van der Waals surface area contributed by atoms with E-state index >= 15 is 0 Å². The van der Waals surface area contributed by atoms with Crippen LogP contribution in [0.1, 0.15) is 0 Å². The first kappa shape index (κ1) is 9.67. The standard InChI is InChI=1S/C10H9N7/c11-13-8-1-2-9-14-15-10(17(9)16-8)7-3-5-12-6-4-7/h1-6H,11H2,(H,13,16). The zero-order valence-electron chi connectivity index (χ0n) is 8.78. The molecule has 0 aliphatic rings. The average Bonchev–Trinajstić information content (AvgIpc) is 2.82. The number of nitrogens with one attached hydrogen (secondary N) is 1. The Bertz CT molecular complexity index is 646. The van der Waals surface area contributed by atoms with Crippen LogP contribution in [0.5, 0.6) is 0 Å². The summed E-state index contributed by atoms with van der Waals surface area (Å²) in [6.45, 7) is 0. The maximum absolute atomic E-state index is 5.32. The van der Waals surface area contributed by atoms with Crippen LogP contribution >= 0.6 is 0 Å². The van der Waals surface area contributed by atoms with Crippen LogP contribution in [0.25, 0.3) is 17.0 Å². The van der Waals surface area contributed by atoms with E-state index in [1.54, 1.807) is 29.0 Å². The van der Waals surface area contributed by atoms with E-state index in [2.05, 4.69) is 25.7 Å². The maximum atomic E-state index is 5.32. The molecule has 3 N–H and O–H groups in total. The lowest BCUT2D eigenvalue weighted by molar-refractivity contribution is 0.933. The molecule has 17 heavy (non-hydrogen) atoms. The monoisotopic (exact) mass is 227 g/mol. The first-order valence-electron chi connectivity index (χ1n) is 4.98. The number of fused-ring (bicyclic) bond motifs is 1. The Morgan fingerprint density at radius 2 is 1.88 bits per heavy atom. The predicted molar refractivity (Wildman–Crippen MR) is 61.8 cm³/mol. The van der Waals surface area contributed by atoms with Gasteiger partial charge in [-0.05, 0) is 24.3 Å². The van der Waals surface area contributed by atoms with Crippen molar-refractivity contribution in [2.24, 2.45) is 5.84 Å². The van der Waals surface area contributed by atoms with Crippen molar-refractivity contribution in [1.82, 2.24) is 24.8 Å². The molecular weight excluding hydrogens is 218 g/mol. The summed E-state index contributed by atoms with van der Waals surface area (Å²) in [5.41, 5.74) is 4.05. The van der Waals surface area contributed by atoms with Crippen molar-refractivity contribution in [2.45, 2.75) is 0 Å². The van der Waals surface area contributed by atoms with E-state index < -0.39 is 0 Å². The fraction of sp³-hybridized carbons (Fsp3) is 0. The first-order valence-corrected chi connectivity index (χ1v) is 4.98. The summed E-state index contributed by atoms with van der Waals surface area (Å²) >= 11 is 0. The number of hydrogen-bond donors (Lipinski definition) is 2. The van der Waals surface area contributed by atoms with Gasteiger partial charge in [0.25, 0.3) is 0 Å². The summed E-state index contributed by atoms with van der Waals surface area (Å²) in [6.07, 6.45) is 3.39. The van der Waals surface area contributed by atoms with Crippen molar-refractivity contribution in [3.63, 3.8) is 0 Å². The number of rotatable bonds is 2. The van der Waals surface area contributed by atoms with Crippen molar-refractivity contribution < 1.29 is 0 Å². The molecule has 7 heteroatoms. The molecule has 0 bridgehead atoms. The molecule has 0 saturated carbocycles. The SMILES string of the molecule is NNc1ccc2nnc(-c3ccncc3)n2n1. The van der Waals surface area contributed by atoms with Gasteiger partial charge in [-0.1, -0.05) is 0 Å². The molecule has 0 aliphatic heterocycles. The highest BCUT2D eigenvalue weighted by Crippen LogP contribution is 2.16. The van der Waals surface area contributed by atoms with E-state index in [9.17, 15) is 0 Å². The number of pyridine rings is 1. The van der Waals surface area contributed by atoms with E-state index in [0.29, 0.717) is 17.3 Å². The summed E-state index contributed by atoms with van der Waals surface area (Å²) < 4.78 is 1.63. The van der Waals surface area contributed by atoms with Crippen molar-refractivity contribution in [1.29, 1.82) is 0 Å². The molecule has 0 aliphatic carbocycles. The average molecular weight is 227 g/mol. The molecule has 0 saturated heterocycles. The molecule has 84 valence electrons. The van der Waals surface area contributed by atoms with Crippen LogP contribution in [-0.4, -0.2) is 24.8 Å². The Morgan fingerprint density at radius 1 is 1.06 bits per heavy atom. The second-order valence-electron chi connectivity index (χ2n) is 3.39. The molecule has 0 amide bonds. The molecule has 0 atom stereocenters. The molecule has 3 heterocycles. The quantitative estimate of drug-likeness (QED) is 0.488. The van der Waals surface area contributed by atoms with Gasteiger partial charge in [0.15, 0.2) is 17.3 Å². The Morgan fingerprint density at radius 3 is 2.65 bits per heavy atom. The third-order valence-electron chi connectivity index (χ3n) is 2.35. The number of nitrogen functional groups attached to an aromatic ring is 1. The third-order valence-corrected chi connectivity index (χ3v) is 2.35. The van der Waals surface area contributed by atoms with Gasteiger partial charge in [0.05, 0.1) is 0 Å². The van der Waals surface area contributed by atoms with Crippen LogP contribution in [0.15, 0.2) is 36.7 Å². The van der Waals surface area contributed by atoms with Crippen LogP contribution in [0.2, 0.25) is 0 Å². The van der Waals surface area contributed by atoms with Crippen molar-refractivity contribution in [3.05, 3.63) is 36.7 Å². The van der Waals surface area contributed by atoms with Crippen LogP contribution in [-0.2, 0) is 0 Å². The number of nitrogens with two attached hydrogens (primary N) is 1. The lowest BCUT2D eigenvalue weighted by Gasteiger charge is -2.01.